The lowest BCUT2D eigenvalue weighted by atomic mass is 10.0. The third-order valence-corrected chi connectivity index (χ3v) is 6.18. The molecule has 0 atom stereocenters. The summed E-state index contributed by atoms with van der Waals surface area (Å²) in [6, 6.07) is 17.2. The first-order valence-corrected chi connectivity index (χ1v) is 10.4. The fraction of sp³-hybridized carbons (Fsp3) is 0.391. The van der Waals surface area contributed by atoms with Crippen LogP contribution in [0.25, 0.3) is 22.1 Å². The van der Waals surface area contributed by atoms with E-state index in [0.29, 0.717) is 12.6 Å². The zero-order chi connectivity index (χ0) is 19.8. The Morgan fingerprint density at radius 3 is 2.52 bits per heavy atom. The SMILES string of the molecule is CN1CCC(N(C)Cc2nc3ccccc3n2Cc2nc3ccccc3[nH]2)CC1. The molecule has 0 amide bonds. The molecular formula is C23H28N6. The number of likely N-dealkylation sites (tertiary alicyclic amines) is 1. The van der Waals surface area contributed by atoms with E-state index in [0.717, 1.165) is 34.7 Å². The van der Waals surface area contributed by atoms with Crippen LogP contribution in [0.15, 0.2) is 48.5 Å². The topological polar surface area (TPSA) is 53.0 Å². The lowest BCUT2D eigenvalue weighted by molar-refractivity contribution is 0.136. The number of aromatic amines is 1. The maximum Gasteiger partial charge on any atom is 0.127 e. The highest BCUT2D eigenvalue weighted by atomic mass is 15.2. The third-order valence-electron chi connectivity index (χ3n) is 6.18. The van der Waals surface area contributed by atoms with Crippen molar-refractivity contribution in [2.24, 2.45) is 0 Å². The molecular weight excluding hydrogens is 360 g/mol. The maximum absolute atomic E-state index is 4.98. The molecule has 4 aromatic rings. The summed E-state index contributed by atoms with van der Waals surface area (Å²) in [4.78, 5) is 18.1. The number of benzene rings is 2. The van der Waals surface area contributed by atoms with Crippen LogP contribution < -0.4 is 0 Å². The molecule has 5 rings (SSSR count). The van der Waals surface area contributed by atoms with Gasteiger partial charge in [0.25, 0.3) is 0 Å². The van der Waals surface area contributed by atoms with Crippen molar-refractivity contribution < 1.29 is 0 Å². The van der Waals surface area contributed by atoms with Crippen molar-refractivity contribution in [2.75, 3.05) is 27.2 Å². The van der Waals surface area contributed by atoms with E-state index in [1.807, 2.05) is 12.1 Å². The predicted octanol–water partition coefficient (Wildman–Crippen LogP) is 3.49. The van der Waals surface area contributed by atoms with Gasteiger partial charge in [0.05, 0.1) is 35.2 Å². The summed E-state index contributed by atoms with van der Waals surface area (Å²) in [7, 11) is 4.45. The number of para-hydroxylation sites is 4. The molecule has 0 spiro atoms. The average molecular weight is 389 g/mol. The Morgan fingerprint density at radius 2 is 1.72 bits per heavy atom. The van der Waals surface area contributed by atoms with Gasteiger partial charge in [-0.2, -0.15) is 0 Å². The third kappa shape index (κ3) is 3.66. The number of imidazole rings is 2. The largest absolute Gasteiger partial charge is 0.340 e. The van der Waals surface area contributed by atoms with Crippen LogP contribution >= 0.6 is 0 Å². The summed E-state index contributed by atoms with van der Waals surface area (Å²) in [5.74, 6) is 2.07. The van der Waals surface area contributed by atoms with Gasteiger partial charge in [0, 0.05) is 6.04 Å². The summed E-state index contributed by atoms with van der Waals surface area (Å²) in [5, 5.41) is 0. The van der Waals surface area contributed by atoms with E-state index in [4.69, 9.17) is 9.97 Å². The first kappa shape index (κ1) is 18.3. The van der Waals surface area contributed by atoms with Crippen molar-refractivity contribution in [3.63, 3.8) is 0 Å². The molecule has 0 saturated carbocycles. The van der Waals surface area contributed by atoms with Crippen molar-refractivity contribution in [1.82, 2.24) is 29.3 Å². The number of piperidine rings is 1. The van der Waals surface area contributed by atoms with Crippen LogP contribution in [0, 0.1) is 0 Å². The number of hydrogen-bond acceptors (Lipinski definition) is 4. The van der Waals surface area contributed by atoms with Gasteiger partial charge in [-0.15, -0.1) is 0 Å². The molecule has 1 N–H and O–H groups in total. The lowest BCUT2D eigenvalue weighted by Gasteiger charge is -2.35. The second-order valence-corrected chi connectivity index (χ2v) is 8.25. The molecule has 0 aliphatic carbocycles. The van der Waals surface area contributed by atoms with Gasteiger partial charge < -0.3 is 14.5 Å². The van der Waals surface area contributed by atoms with E-state index in [9.17, 15) is 0 Å². The van der Waals surface area contributed by atoms with E-state index in [-0.39, 0.29) is 0 Å². The van der Waals surface area contributed by atoms with Crippen LogP contribution in [0.4, 0.5) is 0 Å². The minimum absolute atomic E-state index is 0.616. The second-order valence-electron chi connectivity index (χ2n) is 8.25. The van der Waals surface area contributed by atoms with Crippen molar-refractivity contribution in [1.29, 1.82) is 0 Å². The van der Waals surface area contributed by atoms with Gasteiger partial charge in [-0.1, -0.05) is 24.3 Å². The molecule has 29 heavy (non-hydrogen) atoms. The number of aromatic nitrogens is 4. The van der Waals surface area contributed by atoms with E-state index >= 15 is 0 Å². The summed E-state index contributed by atoms with van der Waals surface area (Å²) in [6.45, 7) is 3.89. The van der Waals surface area contributed by atoms with Crippen molar-refractivity contribution in [3.05, 3.63) is 60.2 Å². The van der Waals surface area contributed by atoms with Gasteiger partial charge >= 0.3 is 0 Å². The van der Waals surface area contributed by atoms with E-state index in [1.165, 1.54) is 31.4 Å². The van der Waals surface area contributed by atoms with Gasteiger partial charge in [0.1, 0.15) is 11.6 Å². The Hall–Kier alpha value is -2.70. The van der Waals surface area contributed by atoms with E-state index < -0.39 is 0 Å². The molecule has 1 fully saturated rings. The molecule has 150 valence electrons. The van der Waals surface area contributed by atoms with Gasteiger partial charge in [0.2, 0.25) is 0 Å². The molecule has 1 saturated heterocycles. The minimum atomic E-state index is 0.616. The molecule has 1 aliphatic heterocycles. The highest BCUT2D eigenvalue weighted by molar-refractivity contribution is 5.77. The Labute approximate surface area is 171 Å². The molecule has 2 aromatic carbocycles. The van der Waals surface area contributed by atoms with Crippen LogP contribution in [0.5, 0.6) is 0 Å². The van der Waals surface area contributed by atoms with Crippen LogP contribution in [0.3, 0.4) is 0 Å². The van der Waals surface area contributed by atoms with Crippen LogP contribution in [-0.4, -0.2) is 62.5 Å². The summed E-state index contributed by atoms with van der Waals surface area (Å²) in [6.07, 6.45) is 2.44. The molecule has 2 aromatic heterocycles. The first-order valence-electron chi connectivity index (χ1n) is 10.4. The normalized spacial score (nSPS) is 16.4. The number of fused-ring (bicyclic) bond motifs is 2. The number of hydrogen-bond donors (Lipinski definition) is 1. The Kier molecular flexibility index (Phi) is 4.81. The molecule has 1 aliphatic rings. The van der Waals surface area contributed by atoms with Crippen molar-refractivity contribution >= 4 is 22.1 Å². The molecule has 0 unspecified atom stereocenters. The molecule has 3 heterocycles. The highest BCUT2D eigenvalue weighted by Crippen LogP contribution is 2.22. The molecule has 0 radical (unpaired) electrons. The zero-order valence-electron chi connectivity index (χ0n) is 17.2. The Morgan fingerprint density at radius 1 is 1.00 bits per heavy atom. The van der Waals surface area contributed by atoms with Gasteiger partial charge in [-0.25, -0.2) is 9.97 Å². The monoisotopic (exact) mass is 388 g/mol. The van der Waals surface area contributed by atoms with Crippen LogP contribution in [0.2, 0.25) is 0 Å². The maximum atomic E-state index is 4.98. The molecule has 0 bridgehead atoms. The number of nitrogens with zero attached hydrogens (tertiary/aromatic N) is 5. The lowest BCUT2D eigenvalue weighted by Crippen LogP contribution is -2.41. The Balaban J connectivity index is 1.45. The molecule has 6 heteroatoms. The van der Waals surface area contributed by atoms with Gasteiger partial charge in [0.15, 0.2) is 0 Å². The van der Waals surface area contributed by atoms with Gasteiger partial charge in [-0.3, -0.25) is 4.90 Å². The fourth-order valence-corrected chi connectivity index (χ4v) is 4.44. The first-order chi connectivity index (χ1) is 14.2. The number of H-pyrrole nitrogens is 1. The zero-order valence-corrected chi connectivity index (χ0v) is 17.2. The van der Waals surface area contributed by atoms with Crippen molar-refractivity contribution in [3.8, 4) is 0 Å². The van der Waals surface area contributed by atoms with E-state index in [1.54, 1.807) is 0 Å². The van der Waals surface area contributed by atoms with Crippen LogP contribution in [-0.2, 0) is 13.1 Å². The standard InChI is InChI=1S/C23H28N6/c1-27-13-11-17(12-14-27)28(2)16-23-26-20-9-5-6-10-21(20)29(23)15-22-24-18-7-3-4-8-19(18)25-22/h3-10,17H,11-16H2,1-2H3,(H,24,25). The summed E-state index contributed by atoms with van der Waals surface area (Å²) >= 11 is 0. The average Bonchev–Trinajstić information content (AvgIpc) is 3.30. The summed E-state index contributed by atoms with van der Waals surface area (Å²) < 4.78 is 2.32. The second kappa shape index (κ2) is 7.61. The van der Waals surface area contributed by atoms with Gasteiger partial charge in [-0.05, 0) is 64.3 Å². The van der Waals surface area contributed by atoms with E-state index in [2.05, 4.69) is 69.8 Å². The highest BCUT2D eigenvalue weighted by Gasteiger charge is 2.22. The smallest absolute Gasteiger partial charge is 0.127 e. The van der Waals surface area contributed by atoms with Crippen LogP contribution in [0.1, 0.15) is 24.5 Å². The number of rotatable bonds is 5. The fourth-order valence-electron chi connectivity index (χ4n) is 4.44. The molecule has 6 nitrogen and oxygen atoms in total. The predicted molar refractivity (Wildman–Crippen MR) is 117 cm³/mol. The van der Waals surface area contributed by atoms with Crippen molar-refractivity contribution in [2.45, 2.75) is 32.0 Å². The summed E-state index contributed by atoms with van der Waals surface area (Å²) in [5.41, 5.74) is 4.31. The Bertz CT molecular complexity index is 1090. The number of nitrogens with one attached hydrogen (secondary N) is 1. The quantitative estimate of drug-likeness (QED) is 0.569. The minimum Gasteiger partial charge on any atom is -0.340 e.